The number of aromatic nitrogens is 2. The van der Waals surface area contributed by atoms with E-state index in [4.69, 9.17) is 25.5 Å². The third-order valence-electron chi connectivity index (χ3n) is 3.59. The molecule has 1 N–H and O–H groups in total. The number of carbonyl (C=O) groups excluding carboxylic acids is 1. The monoisotopic (exact) mass is 369 g/mol. The normalized spacial score (nSPS) is 12.5. The lowest BCUT2D eigenvalue weighted by Crippen LogP contribution is -2.07. The van der Waals surface area contributed by atoms with Crippen LogP contribution in [0.3, 0.4) is 0 Å². The zero-order valence-corrected chi connectivity index (χ0v) is 14.1. The molecule has 8 heteroatoms. The van der Waals surface area contributed by atoms with E-state index in [-0.39, 0.29) is 18.7 Å². The maximum Gasteiger partial charge on any atom is 0.322 e. The van der Waals surface area contributed by atoms with E-state index in [9.17, 15) is 4.79 Å². The minimum atomic E-state index is -0.411. The highest BCUT2D eigenvalue weighted by Gasteiger charge is 2.17. The molecule has 0 atom stereocenters. The Labute approximate surface area is 153 Å². The minimum absolute atomic E-state index is 0.00789. The second kappa shape index (κ2) is 6.89. The second-order valence-corrected chi connectivity index (χ2v) is 5.73. The van der Waals surface area contributed by atoms with Crippen LogP contribution in [0.5, 0.6) is 11.5 Å². The second-order valence-electron chi connectivity index (χ2n) is 5.32. The van der Waals surface area contributed by atoms with Crippen LogP contribution in [0.15, 0.2) is 53.0 Å². The lowest BCUT2D eigenvalue weighted by Gasteiger charge is -1.98. The Balaban J connectivity index is 1.45. The third-order valence-corrected chi connectivity index (χ3v) is 3.94. The van der Waals surface area contributed by atoms with Crippen molar-refractivity contribution in [1.82, 2.24) is 10.2 Å². The Morgan fingerprint density at radius 2 is 1.96 bits per heavy atom. The van der Waals surface area contributed by atoms with Crippen molar-refractivity contribution >= 4 is 29.6 Å². The zero-order valence-electron chi connectivity index (χ0n) is 13.3. The zero-order chi connectivity index (χ0) is 17.9. The van der Waals surface area contributed by atoms with Crippen LogP contribution < -0.4 is 14.8 Å². The van der Waals surface area contributed by atoms with Gasteiger partial charge in [-0.15, -0.1) is 5.10 Å². The van der Waals surface area contributed by atoms with Crippen molar-refractivity contribution in [2.75, 3.05) is 12.1 Å². The van der Waals surface area contributed by atoms with Gasteiger partial charge >= 0.3 is 6.01 Å². The van der Waals surface area contributed by atoms with Crippen molar-refractivity contribution in [3.8, 4) is 23.0 Å². The molecule has 4 rings (SSSR count). The summed E-state index contributed by atoms with van der Waals surface area (Å²) in [7, 11) is 0. The summed E-state index contributed by atoms with van der Waals surface area (Å²) >= 11 is 6.04. The largest absolute Gasteiger partial charge is 0.454 e. The number of halogens is 1. The minimum Gasteiger partial charge on any atom is -0.454 e. The molecule has 0 saturated carbocycles. The summed E-state index contributed by atoms with van der Waals surface area (Å²) in [5, 5.41) is 10.8. The molecule has 0 fully saturated rings. The molecule has 1 aliphatic rings. The average molecular weight is 370 g/mol. The number of fused-ring (bicyclic) bond motifs is 1. The molecule has 0 unspecified atom stereocenters. The van der Waals surface area contributed by atoms with Crippen LogP contribution in [0.1, 0.15) is 5.56 Å². The van der Waals surface area contributed by atoms with Gasteiger partial charge in [-0.3, -0.25) is 10.1 Å². The predicted molar refractivity (Wildman–Crippen MR) is 95.0 cm³/mol. The van der Waals surface area contributed by atoms with Crippen LogP contribution in [-0.4, -0.2) is 22.9 Å². The average Bonchev–Trinajstić information content (AvgIpc) is 3.29. The Hall–Kier alpha value is -3.32. The van der Waals surface area contributed by atoms with Gasteiger partial charge < -0.3 is 13.9 Å². The van der Waals surface area contributed by atoms with Gasteiger partial charge in [0, 0.05) is 16.7 Å². The Bertz CT molecular complexity index is 1000. The molecule has 130 valence electrons. The van der Waals surface area contributed by atoms with E-state index in [2.05, 4.69) is 15.5 Å². The molecule has 1 aliphatic heterocycles. The molecule has 7 nitrogen and oxygen atoms in total. The third kappa shape index (κ3) is 3.38. The van der Waals surface area contributed by atoms with Gasteiger partial charge in [-0.1, -0.05) is 34.9 Å². The maximum absolute atomic E-state index is 12.0. The highest BCUT2D eigenvalue weighted by atomic mass is 35.5. The number of ether oxygens (including phenoxy) is 2. The highest BCUT2D eigenvalue weighted by Crippen LogP contribution is 2.35. The van der Waals surface area contributed by atoms with Crippen molar-refractivity contribution in [2.24, 2.45) is 0 Å². The van der Waals surface area contributed by atoms with Gasteiger partial charge in [0.2, 0.25) is 12.7 Å². The molecular formula is C18H12ClN3O4. The topological polar surface area (TPSA) is 86.5 Å². The molecule has 1 amide bonds. The summed E-state index contributed by atoms with van der Waals surface area (Å²) in [5.41, 5.74) is 1.39. The predicted octanol–water partition coefficient (Wildman–Crippen LogP) is 3.77. The van der Waals surface area contributed by atoms with Gasteiger partial charge in [0.1, 0.15) is 0 Å². The van der Waals surface area contributed by atoms with Crippen molar-refractivity contribution in [3.63, 3.8) is 0 Å². The molecule has 1 aromatic heterocycles. The molecule has 0 spiro atoms. The van der Waals surface area contributed by atoms with Gasteiger partial charge in [0.15, 0.2) is 11.5 Å². The molecule has 0 saturated heterocycles. The number of anilines is 1. The van der Waals surface area contributed by atoms with Gasteiger partial charge in [-0.2, -0.15) is 0 Å². The van der Waals surface area contributed by atoms with Gasteiger partial charge in [-0.25, -0.2) is 0 Å². The number of rotatable bonds is 4. The Morgan fingerprint density at radius 1 is 1.12 bits per heavy atom. The smallest absolute Gasteiger partial charge is 0.322 e. The molecular weight excluding hydrogens is 358 g/mol. The SMILES string of the molecule is O=C(/C=C/c1ccccc1Cl)Nc1nnc(-c2ccc3c(c2)OCO3)o1. The molecule has 26 heavy (non-hydrogen) atoms. The number of hydrogen-bond acceptors (Lipinski definition) is 6. The molecule has 0 radical (unpaired) electrons. The fourth-order valence-electron chi connectivity index (χ4n) is 2.34. The van der Waals surface area contributed by atoms with Crippen LogP contribution >= 0.6 is 11.6 Å². The van der Waals surface area contributed by atoms with E-state index in [1.165, 1.54) is 6.08 Å². The lowest BCUT2D eigenvalue weighted by atomic mass is 10.2. The van der Waals surface area contributed by atoms with E-state index in [0.717, 1.165) is 5.56 Å². The first-order chi connectivity index (χ1) is 12.7. The van der Waals surface area contributed by atoms with E-state index < -0.39 is 5.91 Å². The summed E-state index contributed by atoms with van der Waals surface area (Å²) in [6.45, 7) is 0.182. The Morgan fingerprint density at radius 3 is 2.85 bits per heavy atom. The van der Waals surface area contributed by atoms with Crippen LogP contribution in [0.25, 0.3) is 17.5 Å². The summed E-state index contributed by atoms with van der Waals surface area (Å²) in [4.78, 5) is 12.0. The fraction of sp³-hybridized carbons (Fsp3) is 0.0556. The van der Waals surface area contributed by atoms with Crippen molar-refractivity contribution in [2.45, 2.75) is 0 Å². The van der Waals surface area contributed by atoms with E-state index >= 15 is 0 Å². The first kappa shape index (κ1) is 16.2. The Kier molecular flexibility index (Phi) is 4.28. The first-order valence-corrected chi connectivity index (χ1v) is 8.04. The van der Waals surface area contributed by atoms with E-state index in [1.807, 2.05) is 12.1 Å². The van der Waals surface area contributed by atoms with Crippen LogP contribution in [-0.2, 0) is 4.79 Å². The van der Waals surface area contributed by atoms with Crippen molar-refractivity contribution in [1.29, 1.82) is 0 Å². The van der Waals surface area contributed by atoms with Crippen molar-refractivity contribution in [3.05, 3.63) is 59.1 Å². The van der Waals surface area contributed by atoms with E-state index in [0.29, 0.717) is 22.1 Å². The number of nitrogens with one attached hydrogen (secondary N) is 1. The first-order valence-electron chi connectivity index (χ1n) is 7.66. The van der Waals surface area contributed by atoms with Gasteiger partial charge in [0.05, 0.1) is 0 Å². The highest BCUT2D eigenvalue weighted by molar-refractivity contribution is 6.32. The molecule has 0 aliphatic carbocycles. The number of amides is 1. The van der Waals surface area contributed by atoms with Crippen LogP contribution in [0.2, 0.25) is 5.02 Å². The number of carbonyl (C=O) groups is 1. The standard InChI is InChI=1S/C18H12ClN3O4/c19-13-4-2-1-3-11(13)6-8-16(23)20-18-22-21-17(26-18)12-5-7-14-15(9-12)25-10-24-14/h1-9H,10H2,(H,20,22,23)/b8-6+. The van der Waals surface area contributed by atoms with Gasteiger partial charge in [0.25, 0.3) is 5.91 Å². The number of nitrogens with zero attached hydrogens (tertiary/aromatic N) is 2. The number of hydrogen-bond donors (Lipinski definition) is 1. The fourth-order valence-corrected chi connectivity index (χ4v) is 2.54. The summed E-state index contributed by atoms with van der Waals surface area (Å²) < 4.78 is 16.0. The van der Waals surface area contributed by atoms with Crippen molar-refractivity contribution < 1.29 is 18.7 Å². The van der Waals surface area contributed by atoms with Gasteiger partial charge in [-0.05, 0) is 35.9 Å². The quantitative estimate of drug-likeness (QED) is 0.704. The summed E-state index contributed by atoms with van der Waals surface area (Å²) in [6.07, 6.45) is 2.94. The molecule has 2 heterocycles. The summed E-state index contributed by atoms with van der Waals surface area (Å²) in [6, 6.07) is 12.4. The number of benzene rings is 2. The molecule has 0 bridgehead atoms. The van der Waals surface area contributed by atoms with Crippen LogP contribution in [0, 0.1) is 0 Å². The molecule has 2 aromatic carbocycles. The summed E-state index contributed by atoms with van der Waals surface area (Å²) in [5.74, 6) is 1.11. The van der Waals surface area contributed by atoms with E-state index in [1.54, 1.807) is 36.4 Å². The molecule has 3 aromatic rings. The van der Waals surface area contributed by atoms with Crippen LogP contribution in [0.4, 0.5) is 6.01 Å². The maximum atomic E-state index is 12.0. The lowest BCUT2D eigenvalue weighted by molar-refractivity contribution is -0.112.